The summed E-state index contributed by atoms with van der Waals surface area (Å²) in [6.45, 7) is 5.11. The van der Waals surface area contributed by atoms with E-state index in [2.05, 4.69) is 13.8 Å². The van der Waals surface area contributed by atoms with Gasteiger partial charge in [-0.3, -0.25) is 0 Å². The fourth-order valence-electron chi connectivity index (χ4n) is 9.52. The summed E-state index contributed by atoms with van der Waals surface area (Å²) >= 11 is 0. The molecule has 0 nitrogen and oxygen atoms in total. The first-order valence-electron chi connectivity index (χ1n) is 8.80. The molecule has 0 bridgehead atoms. The van der Waals surface area contributed by atoms with Gasteiger partial charge in [0.15, 0.2) is 0 Å². The Kier molecular flexibility index (Phi) is 1.13. The molecule has 0 N–H and O–H groups in total. The first-order valence-corrected chi connectivity index (χ1v) is 8.80. The van der Waals surface area contributed by atoms with Crippen LogP contribution >= 0.6 is 0 Å². The van der Waals surface area contributed by atoms with E-state index in [1.165, 1.54) is 71.0 Å². The van der Waals surface area contributed by atoms with Crippen LogP contribution in [-0.4, -0.2) is 0 Å². The van der Waals surface area contributed by atoms with Gasteiger partial charge in [0.25, 0.3) is 0 Å². The van der Waals surface area contributed by atoms with Crippen LogP contribution in [0.4, 0.5) is 0 Å². The van der Waals surface area contributed by atoms with Crippen LogP contribution in [0.2, 0.25) is 0 Å². The highest BCUT2D eigenvalue weighted by Crippen LogP contribution is 2.91. The lowest BCUT2D eigenvalue weighted by molar-refractivity contribution is -0.455. The molecule has 0 aromatic rings. The normalized spacial score (nSPS) is 87.0. The number of rotatable bonds is 0. The Bertz CT molecular complexity index is 404. The van der Waals surface area contributed by atoms with E-state index in [4.69, 9.17) is 0 Å². The molecule has 0 radical (unpaired) electrons. The summed E-state index contributed by atoms with van der Waals surface area (Å²) < 4.78 is 0. The van der Waals surface area contributed by atoms with Gasteiger partial charge in [0.1, 0.15) is 0 Å². The smallest absolute Gasteiger partial charge is 0.0312 e. The molecule has 0 aliphatic heterocycles. The van der Waals surface area contributed by atoms with Crippen molar-refractivity contribution in [3.8, 4) is 0 Å². The molecule has 0 aromatic heterocycles. The summed E-state index contributed by atoms with van der Waals surface area (Å²) in [6.07, 6.45) is 3.25. The van der Waals surface area contributed by atoms with Crippen molar-refractivity contribution in [3.63, 3.8) is 0 Å². The van der Waals surface area contributed by atoms with E-state index in [9.17, 15) is 0 Å². The average Bonchev–Trinajstić information content (AvgIpc) is 2.31. The maximum Gasteiger partial charge on any atom is -0.0312 e. The highest BCUT2D eigenvalue weighted by molar-refractivity contribution is 5.34. The van der Waals surface area contributed by atoms with Gasteiger partial charge in [-0.05, 0) is 95.7 Å². The number of hydrogen-bond acceptors (Lipinski definition) is 0. The molecule has 96 valence electrons. The second-order valence-corrected chi connectivity index (χ2v) is 9.40. The van der Waals surface area contributed by atoms with E-state index in [0.717, 1.165) is 11.8 Å². The Labute approximate surface area is 110 Å². The molecule has 14 atom stereocenters. The topological polar surface area (TPSA) is 0 Å². The van der Waals surface area contributed by atoms with Crippen LogP contribution < -0.4 is 0 Å². The third kappa shape index (κ3) is 0.549. The van der Waals surface area contributed by atoms with Gasteiger partial charge in [0.05, 0.1) is 0 Å². The van der Waals surface area contributed by atoms with Gasteiger partial charge in [0, 0.05) is 0 Å². The Hall–Kier alpha value is 0. The Morgan fingerprint density at radius 2 is 0.778 bits per heavy atom. The second kappa shape index (κ2) is 2.25. The van der Waals surface area contributed by atoms with E-state index in [1.54, 1.807) is 12.8 Å². The lowest BCUT2D eigenvalue weighted by Crippen LogP contribution is -2.89. The van der Waals surface area contributed by atoms with Crippen LogP contribution in [0.15, 0.2) is 0 Å². The van der Waals surface area contributed by atoms with Crippen molar-refractivity contribution in [2.75, 3.05) is 0 Å². The van der Waals surface area contributed by atoms with Crippen LogP contribution in [0.25, 0.3) is 0 Å². The second-order valence-electron chi connectivity index (χ2n) is 9.40. The summed E-state index contributed by atoms with van der Waals surface area (Å²) in [5.41, 5.74) is 0. The van der Waals surface area contributed by atoms with Crippen LogP contribution in [0, 0.1) is 82.9 Å². The minimum Gasteiger partial charge on any atom is -0.0620 e. The standard InChI is InChI=1S/C18H24/c1-5-6(2)10-9(5)13-14(10)18-16-12-8-4-3-7(8)11(12)15(16)17(13)18/h5-18H,3-4H2,1-2H3. The van der Waals surface area contributed by atoms with Crippen molar-refractivity contribution in [2.45, 2.75) is 26.7 Å². The lowest BCUT2D eigenvalue weighted by Gasteiger charge is -2.92. The third-order valence-electron chi connectivity index (χ3n) is 10.2. The first kappa shape index (κ1) is 9.03. The predicted octanol–water partition coefficient (Wildman–Crippen LogP) is 3.53. The monoisotopic (exact) mass is 240 g/mol. The van der Waals surface area contributed by atoms with E-state index >= 15 is 0 Å². The quantitative estimate of drug-likeness (QED) is 0.568. The van der Waals surface area contributed by atoms with Crippen LogP contribution in [0.3, 0.4) is 0 Å². The summed E-state index contributed by atoms with van der Waals surface area (Å²) in [4.78, 5) is 0. The Morgan fingerprint density at radius 1 is 0.444 bits per heavy atom. The van der Waals surface area contributed by atoms with Gasteiger partial charge < -0.3 is 0 Å². The molecule has 7 rings (SSSR count). The summed E-state index contributed by atoms with van der Waals surface area (Å²) in [5.74, 6) is 17.3. The van der Waals surface area contributed by atoms with Gasteiger partial charge in [-0.2, -0.15) is 0 Å². The molecule has 7 aliphatic carbocycles. The summed E-state index contributed by atoms with van der Waals surface area (Å²) in [7, 11) is 0. The van der Waals surface area contributed by atoms with Crippen molar-refractivity contribution in [1.82, 2.24) is 0 Å². The fraction of sp³-hybridized carbons (Fsp3) is 1.00. The predicted molar refractivity (Wildman–Crippen MR) is 69.4 cm³/mol. The molecule has 7 aliphatic rings. The molecule has 0 saturated heterocycles. The van der Waals surface area contributed by atoms with Crippen LogP contribution in [0.5, 0.6) is 0 Å². The molecule has 14 unspecified atom stereocenters. The number of hydrogen-bond donors (Lipinski definition) is 0. The zero-order chi connectivity index (χ0) is 11.5. The largest absolute Gasteiger partial charge is 0.0620 e. The maximum atomic E-state index is 2.56. The Morgan fingerprint density at radius 3 is 1.17 bits per heavy atom. The SMILES string of the molecule is CC1C(C)C2C1C1C2C2C3C4C5CCC5C4C3C12. The minimum absolute atomic E-state index is 1.09. The van der Waals surface area contributed by atoms with Crippen molar-refractivity contribution in [3.05, 3.63) is 0 Å². The van der Waals surface area contributed by atoms with Gasteiger partial charge >= 0.3 is 0 Å². The summed E-state index contributed by atoms with van der Waals surface area (Å²) in [5, 5.41) is 0. The van der Waals surface area contributed by atoms with Crippen LogP contribution in [-0.2, 0) is 0 Å². The van der Waals surface area contributed by atoms with E-state index in [1.807, 2.05) is 0 Å². The van der Waals surface area contributed by atoms with E-state index in [-0.39, 0.29) is 0 Å². The molecule has 0 spiro atoms. The maximum absolute atomic E-state index is 2.56. The first-order chi connectivity index (χ1) is 8.80. The lowest BCUT2D eigenvalue weighted by atomic mass is 9.12. The highest BCUT2D eigenvalue weighted by atomic mass is 14.9. The van der Waals surface area contributed by atoms with Crippen molar-refractivity contribution >= 4 is 0 Å². The zero-order valence-corrected chi connectivity index (χ0v) is 11.5. The average molecular weight is 240 g/mol. The van der Waals surface area contributed by atoms with Crippen molar-refractivity contribution in [2.24, 2.45) is 82.9 Å². The van der Waals surface area contributed by atoms with E-state index in [0.29, 0.717) is 0 Å². The van der Waals surface area contributed by atoms with Crippen LogP contribution in [0.1, 0.15) is 26.7 Å². The Balaban J connectivity index is 1.23. The molecule has 0 heterocycles. The molecule has 7 fully saturated rings. The highest BCUT2D eigenvalue weighted by Gasteiger charge is 2.87. The molecule has 0 aromatic carbocycles. The molecular formula is C18H24. The molecule has 18 heavy (non-hydrogen) atoms. The summed E-state index contributed by atoms with van der Waals surface area (Å²) in [6, 6.07) is 0. The van der Waals surface area contributed by atoms with Gasteiger partial charge in [-0.15, -0.1) is 0 Å². The fourth-order valence-corrected chi connectivity index (χ4v) is 9.52. The van der Waals surface area contributed by atoms with Crippen molar-refractivity contribution in [1.29, 1.82) is 0 Å². The van der Waals surface area contributed by atoms with Gasteiger partial charge in [-0.1, -0.05) is 13.8 Å². The minimum atomic E-state index is 1.09. The third-order valence-corrected chi connectivity index (χ3v) is 10.2. The molecule has 7 saturated carbocycles. The molecule has 0 heteroatoms. The number of fused-ring (bicyclic) bond motifs is 16. The van der Waals surface area contributed by atoms with Gasteiger partial charge in [-0.25, -0.2) is 0 Å². The molecule has 0 amide bonds. The zero-order valence-electron chi connectivity index (χ0n) is 11.5. The molecular weight excluding hydrogens is 216 g/mol. The van der Waals surface area contributed by atoms with Gasteiger partial charge in [0.2, 0.25) is 0 Å². The van der Waals surface area contributed by atoms with Crippen molar-refractivity contribution < 1.29 is 0 Å². The van der Waals surface area contributed by atoms with E-state index < -0.39 is 0 Å².